The first kappa shape index (κ1) is 15.6. The highest BCUT2D eigenvalue weighted by Crippen LogP contribution is 2.32. The minimum atomic E-state index is -0.484. The number of nitrogen functional groups attached to an aromatic ring is 1. The number of nitrogens with zero attached hydrogens (tertiary/aromatic N) is 2. The Labute approximate surface area is 128 Å². The lowest BCUT2D eigenvalue weighted by atomic mass is 10.1. The van der Waals surface area contributed by atoms with Crippen molar-refractivity contribution in [2.75, 3.05) is 12.8 Å². The summed E-state index contributed by atoms with van der Waals surface area (Å²) in [6.45, 7) is 4.15. The molecule has 0 aliphatic heterocycles. The van der Waals surface area contributed by atoms with Crippen molar-refractivity contribution in [2.45, 2.75) is 39.2 Å². The standard InChI is InChI=1S/C15H21N3O2S/c1-4-7-10(11-8-6-9-21-11)18-12(5-2)17-13(14(18)16)15(19)20-3/h6,8-10H,4-5,7,16H2,1-3H3. The highest BCUT2D eigenvalue weighted by atomic mass is 32.1. The quantitative estimate of drug-likeness (QED) is 0.832. The van der Waals surface area contributed by atoms with Gasteiger partial charge in [-0.2, -0.15) is 0 Å². The van der Waals surface area contributed by atoms with Gasteiger partial charge in [-0.05, 0) is 17.9 Å². The summed E-state index contributed by atoms with van der Waals surface area (Å²) < 4.78 is 6.76. The number of aryl methyl sites for hydroxylation is 1. The third kappa shape index (κ3) is 2.95. The Hall–Kier alpha value is -1.82. The van der Waals surface area contributed by atoms with Crippen molar-refractivity contribution in [1.29, 1.82) is 0 Å². The van der Waals surface area contributed by atoms with Crippen LogP contribution in [0, 0.1) is 0 Å². The summed E-state index contributed by atoms with van der Waals surface area (Å²) in [5, 5.41) is 2.05. The van der Waals surface area contributed by atoms with Crippen LogP contribution in [0.3, 0.4) is 0 Å². The number of anilines is 1. The molecule has 1 unspecified atom stereocenters. The average molecular weight is 307 g/mol. The van der Waals surface area contributed by atoms with Gasteiger partial charge in [0.25, 0.3) is 0 Å². The van der Waals surface area contributed by atoms with E-state index in [9.17, 15) is 4.79 Å². The van der Waals surface area contributed by atoms with Gasteiger partial charge in [0, 0.05) is 11.3 Å². The fourth-order valence-electron chi connectivity index (χ4n) is 2.49. The van der Waals surface area contributed by atoms with Crippen molar-refractivity contribution < 1.29 is 9.53 Å². The molecule has 0 aliphatic rings. The average Bonchev–Trinajstić information content (AvgIpc) is 3.12. The maximum Gasteiger partial charge on any atom is 0.360 e. The largest absolute Gasteiger partial charge is 0.464 e. The third-order valence-corrected chi connectivity index (χ3v) is 4.44. The Morgan fingerprint density at radius 2 is 2.29 bits per heavy atom. The van der Waals surface area contributed by atoms with Crippen molar-refractivity contribution in [1.82, 2.24) is 9.55 Å². The van der Waals surface area contributed by atoms with E-state index in [-0.39, 0.29) is 11.7 Å². The van der Waals surface area contributed by atoms with E-state index < -0.39 is 5.97 Å². The van der Waals surface area contributed by atoms with E-state index in [0.717, 1.165) is 18.7 Å². The van der Waals surface area contributed by atoms with Gasteiger partial charge >= 0.3 is 5.97 Å². The lowest BCUT2D eigenvalue weighted by molar-refractivity contribution is 0.0595. The number of methoxy groups -OCH3 is 1. The minimum Gasteiger partial charge on any atom is -0.464 e. The second kappa shape index (κ2) is 6.76. The predicted octanol–water partition coefficient (Wildman–Crippen LogP) is 3.27. The SMILES string of the molecule is CCCC(c1cccs1)n1c(CC)nc(C(=O)OC)c1N. The van der Waals surface area contributed by atoms with E-state index in [1.807, 2.05) is 17.6 Å². The highest BCUT2D eigenvalue weighted by Gasteiger charge is 2.26. The molecule has 0 amide bonds. The first-order valence-corrected chi connectivity index (χ1v) is 8.00. The van der Waals surface area contributed by atoms with Crippen LogP contribution in [0.15, 0.2) is 17.5 Å². The number of aromatic nitrogens is 2. The van der Waals surface area contributed by atoms with Gasteiger partial charge < -0.3 is 15.0 Å². The molecule has 0 fully saturated rings. The van der Waals surface area contributed by atoms with Crippen molar-refractivity contribution in [3.05, 3.63) is 33.9 Å². The molecule has 2 aromatic rings. The molecule has 0 bridgehead atoms. The maximum atomic E-state index is 11.8. The molecule has 0 aromatic carbocycles. The number of esters is 1. The van der Waals surface area contributed by atoms with Crippen molar-refractivity contribution in [3.8, 4) is 0 Å². The summed E-state index contributed by atoms with van der Waals surface area (Å²) in [4.78, 5) is 17.4. The zero-order chi connectivity index (χ0) is 15.4. The van der Waals surface area contributed by atoms with Gasteiger partial charge in [0.15, 0.2) is 5.69 Å². The molecule has 0 saturated carbocycles. The first-order valence-electron chi connectivity index (χ1n) is 7.12. The van der Waals surface area contributed by atoms with Gasteiger partial charge in [-0.25, -0.2) is 9.78 Å². The monoisotopic (exact) mass is 307 g/mol. The molecule has 2 rings (SSSR count). The van der Waals surface area contributed by atoms with Crippen LogP contribution in [0.1, 0.15) is 53.9 Å². The molecular formula is C15H21N3O2S. The number of nitrogens with two attached hydrogens (primary N) is 1. The minimum absolute atomic E-state index is 0.121. The lowest BCUT2D eigenvalue weighted by Gasteiger charge is -2.20. The number of hydrogen-bond acceptors (Lipinski definition) is 5. The van der Waals surface area contributed by atoms with Crippen molar-refractivity contribution in [2.24, 2.45) is 0 Å². The van der Waals surface area contributed by atoms with Crippen LogP contribution in [0.2, 0.25) is 0 Å². The second-order valence-corrected chi connectivity index (χ2v) is 5.78. The van der Waals surface area contributed by atoms with Crippen molar-refractivity contribution in [3.63, 3.8) is 0 Å². The number of imidazole rings is 1. The molecule has 0 aliphatic carbocycles. The molecule has 0 radical (unpaired) electrons. The maximum absolute atomic E-state index is 11.8. The van der Waals surface area contributed by atoms with Gasteiger partial charge in [0.1, 0.15) is 11.6 Å². The van der Waals surface area contributed by atoms with E-state index in [0.29, 0.717) is 12.2 Å². The van der Waals surface area contributed by atoms with E-state index in [1.54, 1.807) is 11.3 Å². The molecule has 2 heterocycles. The number of carbonyl (C=O) groups excluding carboxylic acids is 1. The van der Waals surface area contributed by atoms with Crippen LogP contribution < -0.4 is 5.73 Å². The summed E-state index contributed by atoms with van der Waals surface area (Å²) in [5.41, 5.74) is 6.41. The molecule has 0 saturated heterocycles. The molecule has 0 spiro atoms. The van der Waals surface area contributed by atoms with Gasteiger partial charge in [0.05, 0.1) is 13.2 Å². The third-order valence-electron chi connectivity index (χ3n) is 3.46. The van der Waals surface area contributed by atoms with E-state index in [2.05, 4.69) is 23.4 Å². The van der Waals surface area contributed by atoms with Gasteiger partial charge in [0.2, 0.25) is 0 Å². The number of carbonyl (C=O) groups is 1. The molecule has 21 heavy (non-hydrogen) atoms. The number of hydrogen-bond donors (Lipinski definition) is 1. The Bertz CT molecular complexity index is 605. The normalized spacial score (nSPS) is 12.3. The number of rotatable bonds is 6. The summed E-state index contributed by atoms with van der Waals surface area (Å²) in [6, 6.07) is 4.25. The fraction of sp³-hybridized carbons (Fsp3) is 0.467. The van der Waals surface area contributed by atoms with Crippen molar-refractivity contribution >= 4 is 23.1 Å². The summed E-state index contributed by atoms with van der Waals surface area (Å²) in [6.07, 6.45) is 2.69. The van der Waals surface area contributed by atoms with E-state index in [4.69, 9.17) is 10.5 Å². The summed E-state index contributed by atoms with van der Waals surface area (Å²) >= 11 is 1.70. The number of thiophene rings is 1. The van der Waals surface area contributed by atoms with Crippen LogP contribution in [0.5, 0.6) is 0 Å². The number of ether oxygens (including phenoxy) is 1. The van der Waals surface area contributed by atoms with Gasteiger partial charge in [-0.1, -0.05) is 26.3 Å². The zero-order valence-corrected chi connectivity index (χ0v) is 13.4. The molecule has 2 aromatic heterocycles. The zero-order valence-electron chi connectivity index (χ0n) is 12.6. The van der Waals surface area contributed by atoms with Gasteiger partial charge in [-0.3, -0.25) is 0 Å². The van der Waals surface area contributed by atoms with Gasteiger partial charge in [-0.15, -0.1) is 11.3 Å². The summed E-state index contributed by atoms with van der Waals surface area (Å²) in [5.74, 6) is 0.729. The summed E-state index contributed by atoms with van der Waals surface area (Å²) in [7, 11) is 1.34. The Kier molecular flexibility index (Phi) is 5.01. The van der Waals surface area contributed by atoms with Crippen LogP contribution >= 0.6 is 11.3 Å². The Morgan fingerprint density at radius 3 is 2.81 bits per heavy atom. The fourth-order valence-corrected chi connectivity index (χ4v) is 3.34. The highest BCUT2D eigenvalue weighted by molar-refractivity contribution is 7.10. The van der Waals surface area contributed by atoms with Crippen LogP contribution in [-0.2, 0) is 11.2 Å². The molecule has 6 heteroatoms. The van der Waals surface area contributed by atoms with E-state index in [1.165, 1.54) is 12.0 Å². The van der Waals surface area contributed by atoms with Crippen LogP contribution in [0.4, 0.5) is 5.82 Å². The molecule has 114 valence electrons. The molecule has 2 N–H and O–H groups in total. The van der Waals surface area contributed by atoms with Crippen LogP contribution in [-0.4, -0.2) is 22.6 Å². The molecule has 1 atom stereocenters. The Morgan fingerprint density at radius 1 is 1.52 bits per heavy atom. The predicted molar refractivity (Wildman–Crippen MR) is 84.7 cm³/mol. The molecule has 5 nitrogen and oxygen atoms in total. The topological polar surface area (TPSA) is 70.1 Å². The second-order valence-electron chi connectivity index (χ2n) is 4.80. The Balaban J connectivity index is 2.54. The van der Waals surface area contributed by atoms with E-state index >= 15 is 0 Å². The van der Waals surface area contributed by atoms with Crippen LogP contribution in [0.25, 0.3) is 0 Å². The lowest BCUT2D eigenvalue weighted by Crippen LogP contribution is -2.15. The molecular weight excluding hydrogens is 286 g/mol. The smallest absolute Gasteiger partial charge is 0.360 e. The first-order chi connectivity index (χ1) is 10.1.